The normalized spacial score (nSPS) is 10.3. The molecule has 18 heavy (non-hydrogen) atoms. The number of aryl methyl sites for hydroxylation is 1. The number of aromatic amines is 1. The number of H-pyrrole nitrogens is 1. The lowest BCUT2D eigenvalue weighted by Gasteiger charge is -1.98. The zero-order chi connectivity index (χ0) is 11.8. The number of nitrogens with zero attached hydrogens (tertiary/aromatic N) is 1. The van der Waals surface area contributed by atoms with Gasteiger partial charge in [-0.2, -0.15) is 0 Å². The van der Waals surface area contributed by atoms with Gasteiger partial charge in [0.1, 0.15) is 0 Å². The fourth-order valence-electron chi connectivity index (χ4n) is 1.73. The van der Waals surface area contributed by atoms with Crippen LogP contribution in [0.4, 0.5) is 11.6 Å². The third-order valence-electron chi connectivity index (χ3n) is 2.58. The van der Waals surface area contributed by atoms with Gasteiger partial charge in [-0.25, -0.2) is 4.98 Å². The predicted octanol–water partition coefficient (Wildman–Crippen LogP) is 4.97. The van der Waals surface area contributed by atoms with Crippen LogP contribution in [0, 0.1) is 6.92 Å². The number of imidazole rings is 1. The second-order valence-electron chi connectivity index (χ2n) is 3.81. The number of aromatic nitrogens is 2. The Bertz CT molecular complexity index is 672. The predicted molar refractivity (Wildman–Crippen MR) is 80.2 cm³/mol. The van der Waals surface area contributed by atoms with Crippen molar-refractivity contribution in [3.05, 3.63) is 39.5 Å². The number of para-hydroxylation sites is 1. The van der Waals surface area contributed by atoms with E-state index < -0.39 is 0 Å². The SMILES string of the molecule is C.Cc1cccc2[nH]c(Nc3cscc3Cl)nc12. The number of rotatable bonds is 2. The first-order valence-electron chi connectivity index (χ1n) is 5.18. The minimum absolute atomic E-state index is 0. The molecule has 0 fully saturated rings. The van der Waals surface area contributed by atoms with Crippen LogP contribution < -0.4 is 5.32 Å². The molecule has 0 atom stereocenters. The summed E-state index contributed by atoms with van der Waals surface area (Å²) in [5.41, 5.74) is 4.05. The number of halogens is 1. The van der Waals surface area contributed by atoms with Crippen LogP contribution in [0.1, 0.15) is 13.0 Å². The van der Waals surface area contributed by atoms with Crippen molar-refractivity contribution in [1.29, 1.82) is 0 Å². The fraction of sp³-hybridized carbons (Fsp3) is 0.154. The molecule has 0 saturated carbocycles. The number of benzene rings is 1. The first-order valence-corrected chi connectivity index (χ1v) is 6.50. The van der Waals surface area contributed by atoms with Gasteiger partial charge in [-0.15, -0.1) is 11.3 Å². The molecular formula is C13H14ClN3S. The zero-order valence-corrected chi connectivity index (χ0v) is 10.7. The molecule has 3 rings (SSSR count). The molecule has 0 saturated heterocycles. The van der Waals surface area contributed by atoms with Gasteiger partial charge in [0.15, 0.2) is 0 Å². The Labute approximate surface area is 115 Å². The molecule has 3 aromatic rings. The van der Waals surface area contributed by atoms with Gasteiger partial charge < -0.3 is 10.3 Å². The van der Waals surface area contributed by atoms with Crippen LogP contribution in [0.5, 0.6) is 0 Å². The Balaban J connectivity index is 0.00000120. The van der Waals surface area contributed by atoms with E-state index >= 15 is 0 Å². The summed E-state index contributed by atoms with van der Waals surface area (Å²) in [6, 6.07) is 6.07. The van der Waals surface area contributed by atoms with Crippen LogP contribution in [0.2, 0.25) is 5.02 Å². The number of nitrogens with one attached hydrogen (secondary N) is 2. The number of anilines is 2. The second kappa shape index (κ2) is 5.00. The molecule has 0 aliphatic carbocycles. The van der Waals surface area contributed by atoms with E-state index in [1.807, 2.05) is 35.9 Å². The molecule has 0 spiro atoms. The van der Waals surface area contributed by atoms with Crippen molar-refractivity contribution < 1.29 is 0 Å². The molecule has 2 aromatic heterocycles. The maximum absolute atomic E-state index is 6.03. The Kier molecular flexibility index (Phi) is 3.59. The molecular weight excluding hydrogens is 266 g/mol. The Morgan fingerprint density at radius 1 is 1.33 bits per heavy atom. The van der Waals surface area contributed by atoms with E-state index in [1.165, 1.54) is 0 Å². The third-order valence-corrected chi connectivity index (χ3v) is 3.77. The Morgan fingerprint density at radius 3 is 2.83 bits per heavy atom. The number of thiophene rings is 1. The number of hydrogen-bond donors (Lipinski definition) is 2. The van der Waals surface area contributed by atoms with Crippen LogP contribution in [0.25, 0.3) is 11.0 Å². The van der Waals surface area contributed by atoms with Gasteiger partial charge >= 0.3 is 0 Å². The second-order valence-corrected chi connectivity index (χ2v) is 4.97. The summed E-state index contributed by atoms with van der Waals surface area (Å²) < 4.78 is 0. The summed E-state index contributed by atoms with van der Waals surface area (Å²) in [5, 5.41) is 7.74. The van der Waals surface area contributed by atoms with Crippen molar-refractivity contribution in [2.75, 3.05) is 5.32 Å². The van der Waals surface area contributed by atoms with Gasteiger partial charge in [-0.3, -0.25) is 0 Å². The average Bonchev–Trinajstić information content (AvgIpc) is 2.87. The minimum Gasteiger partial charge on any atom is -0.324 e. The smallest absolute Gasteiger partial charge is 0.205 e. The van der Waals surface area contributed by atoms with E-state index in [0.29, 0.717) is 5.02 Å². The van der Waals surface area contributed by atoms with Gasteiger partial charge in [-0.1, -0.05) is 31.2 Å². The summed E-state index contributed by atoms with van der Waals surface area (Å²) in [6.07, 6.45) is 0. The topological polar surface area (TPSA) is 40.7 Å². The van der Waals surface area contributed by atoms with Crippen molar-refractivity contribution >= 4 is 45.6 Å². The van der Waals surface area contributed by atoms with Crippen LogP contribution in [-0.2, 0) is 0 Å². The molecule has 5 heteroatoms. The summed E-state index contributed by atoms with van der Waals surface area (Å²) >= 11 is 7.59. The molecule has 0 amide bonds. The van der Waals surface area contributed by atoms with E-state index in [-0.39, 0.29) is 7.43 Å². The molecule has 0 unspecified atom stereocenters. The summed E-state index contributed by atoms with van der Waals surface area (Å²) in [5.74, 6) is 0.717. The van der Waals surface area contributed by atoms with Crippen molar-refractivity contribution in [3.8, 4) is 0 Å². The van der Waals surface area contributed by atoms with Crippen LogP contribution in [0.15, 0.2) is 29.0 Å². The highest BCUT2D eigenvalue weighted by atomic mass is 35.5. The van der Waals surface area contributed by atoms with Gasteiger partial charge in [-0.05, 0) is 18.6 Å². The molecule has 2 N–H and O–H groups in total. The lowest BCUT2D eigenvalue weighted by atomic mass is 10.2. The molecule has 94 valence electrons. The first kappa shape index (κ1) is 12.9. The van der Waals surface area contributed by atoms with Crippen molar-refractivity contribution in [2.24, 2.45) is 0 Å². The third kappa shape index (κ3) is 2.21. The van der Waals surface area contributed by atoms with Crippen molar-refractivity contribution in [2.45, 2.75) is 14.4 Å². The van der Waals surface area contributed by atoms with Crippen molar-refractivity contribution in [3.63, 3.8) is 0 Å². The Hall–Kier alpha value is -1.52. The summed E-state index contributed by atoms with van der Waals surface area (Å²) in [7, 11) is 0. The monoisotopic (exact) mass is 279 g/mol. The van der Waals surface area contributed by atoms with Crippen molar-refractivity contribution in [1.82, 2.24) is 9.97 Å². The van der Waals surface area contributed by atoms with Gasteiger partial charge in [0.2, 0.25) is 5.95 Å². The molecule has 0 bridgehead atoms. The molecule has 3 nitrogen and oxygen atoms in total. The standard InChI is InChI=1S/C12H10ClN3S.CH4/c1-7-3-2-4-9-11(7)16-12(14-9)15-10-6-17-5-8(10)13;/h2-6H,1H3,(H2,14,15,16);1H4. The first-order chi connectivity index (χ1) is 8.24. The van der Waals surface area contributed by atoms with Gasteiger partial charge in [0.25, 0.3) is 0 Å². The maximum Gasteiger partial charge on any atom is 0.205 e. The highest BCUT2D eigenvalue weighted by molar-refractivity contribution is 7.09. The molecule has 1 aromatic carbocycles. The van der Waals surface area contributed by atoms with E-state index in [0.717, 1.165) is 28.2 Å². The van der Waals surface area contributed by atoms with E-state index in [1.54, 1.807) is 11.3 Å². The Morgan fingerprint density at radius 2 is 2.17 bits per heavy atom. The van der Waals surface area contributed by atoms with E-state index in [2.05, 4.69) is 15.3 Å². The molecule has 2 heterocycles. The van der Waals surface area contributed by atoms with Gasteiger partial charge in [0.05, 0.1) is 21.7 Å². The quantitative estimate of drug-likeness (QED) is 0.695. The van der Waals surface area contributed by atoms with E-state index in [4.69, 9.17) is 11.6 Å². The lowest BCUT2D eigenvalue weighted by molar-refractivity contribution is 1.31. The van der Waals surface area contributed by atoms with Gasteiger partial charge in [0, 0.05) is 10.8 Å². The average molecular weight is 280 g/mol. The zero-order valence-electron chi connectivity index (χ0n) is 9.12. The fourth-order valence-corrected chi connectivity index (χ4v) is 2.69. The number of fused-ring (bicyclic) bond motifs is 1. The molecule has 0 aliphatic rings. The summed E-state index contributed by atoms with van der Waals surface area (Å²) in [4.78, 5) is 7.73. The largest absolute Gasteiger partial charge is 0.324 e. The molecule has 0 aliphatic heterocycles. The maximum atomic E-state index is 6.03. The lowest BCUT2D eigenvalue weighted by Crippen LogP contribution is -1.90. The summed E-state index contributed by atoms with van der Waals surface area (Å²) in [6.45, 7) is 2.05. The highest BCUT2D eigenvalue weighted by Gasteiger charge is 2.07. The highest BCUT2D eigenvalue weighted by Crippen LogP contribution is 2.29. The minimum atomic E-state index is 0. The van der Waals surface area contributed by atoms with Crippen LogP contribution in [0.3, 0.4) is 0 Å². The van der Waals surface area contributed by atoms with E-state index in [9.17, 15) is 0 Å². The van der Waals surface area contributed by atoms with Crippen LogP contribution in [-0.4, -0.2) is 9.97 Å². The number of hydrogen-bond acceptors (Lipinski definition) is 3. The molecule has 0 radical (unpaired) electrons. The van der Waals surface area contributed by atoms with Crippen LogP contribution >= 0.6 is 22.9 Å².